The number of carbonyl (C=O) groups excluding carboxylic acids is 1. The van der Waals surface area contributed by atoms with Gasteiger partial charge in [-0.1, -0.05) is 25.8 Å². The molecule has 5 nitrogen and oxygen atoms in total. The number of carbonyl (C=O) groups is 2. The molecule has 2 rings (SSSR count). The zero-order valence-corrected chi connectivity index (χ0v) is 11.9. The van der Waals surface area contributed by atoms with Gasteiger partial charge in [-0.3, -0.25) is 0 Å². The van der Waals surface area contributed by atoms with Crippen molar-refractivity contribution in [3.63, 3.8) is 0 Å². The quantitative estimate of drug-likeness (QED) is 0.801. The Morgan fingerprint density at radius 3 is 2.67 bits per heavy atom. The van der Waals surface area contributed by atoms with Crippen LogP contribution in [0.5, 0.6) is 0 Å². The van der Waals surface area contributed by atoms with Crippen molar-refractivity contribution in [2.45, 2.75) is 38.6 Å². The normalized spacial score (nSPS) is 21.6. The van der Waals surface area contributed by atoms with Gasteiger partial charge in [0.1, 0.15) is 11.4 Å². The lowest BCUT2D eigenvalue weighted by Gasteiger charge is -2.29. The van der Waals surface area contributed by atoms with Crippen LogP contribution in [-0.2, 0) is 0 Å². The molecule has 0 aliphatic heterocycles. The number of carboxylic acids is 1. The molecule has 21 heavy (non-hydrogen) atoms. The Hall–Kier alpha value is -2.11. The second-order valence-corrected chi connectivity index (χ2v) is 5.43. The molecule has 1 aromatic carbocycles. The van der Waals surface area contributed by atoms with Gasteiger partial charge >= 0.3 is 12.0 Å². The van der Waals surface area contributed by atoms with Crippen molar-refractivity contribution >= 4 is 17.7 Å². The van der Waals surface area contributed by atoms with Gasteiger partial charge in [0.25, 0.3) is 0 Å². The molecule has 0 heterocycles. The van der Waals surface area contributed by atoms with Crippen LogP contribution in [0, 0.1) is 11.7 Å². The maximum absolute atomic E-state index is 13.5. The van der Waals surface area contributed by atoms with Gasteiger partial charge in [0, 0.05) is 6.04 Å². The van der Waals surface area contributed by atoms with Crippen LogP contribution in [0.2, 0.25) is 0 Å². The fourth-order valence-electron chi connectivity index (χ4n) is 2.70. The van der Waals surface area contributed by atoms with Crippen LogP contribution in [0.15, 0.2) is 18.2 Å². The molecule has 1 aliphatic carbocycles. The first-order chi connectivity index (χ1) is 9.99. The number of rotatable bonds is 3. The molecule has 1 aromatic rings. The minimum atomic E-state index is -1.41. The summed E-state index contributed by atoms with van der Waals surface area (Å²) < 4.78 is 13.5. The molecule has 1 saturated carbocycles. The maximum atomic E-state index is 13.5. The van der Waals surface area contributed by atoms with E-state index in [9.17, 15) is 14.0 Å². The standard InChI is InChI=1S/C15H19FN2O3/c1-9-5-2-3-7-11(9)17-15(21)18-12-8-4-6-10(16)13(12)14(19)20/h4,6,8-9,11H,2-3,5,7H2,1H3,(H,19,20)(H2,17,18,21). The van der Waals surface area contributed by atoms with Crippen molar-refractivity contribution in [2.75, 3.05) is 5.32 Å². The first kappa shape index (κ1) is 15.3. The number of hydrogen-bond acceptors (Lipinski definition) is 2. The second kappa shape index (κ2) is 6.56. The Labute approximate surface area is 122 Å². The van der Waals surface area contributed by atoms with E-state index >= 15 is 0 Å². The fourth-order valence-corrected chi connectivity index (χ4v) is 2.70. The van der Waals surface area contributed by atoms with Gasteiger partial charge in [0.15, 0.2) is 0 Å². The molecule has 0 aromatic heterocycles. The Bertz CT molecular complexity index is 548. The molecule has 0 radical (unpaired) electrons. The fraction of sp³-hybridized carbons (Fsp3) is 0.467. The molecule has 0 saturated heterocycles. The van der Waals surface area contributed by atoms with Crippen molar-refractivity contribution in [2.24, 2.45) is 5.92 Å². The molecule has 0 bridgehead atoms. The van der Waals surface area contributed by atoms with Crippen molar-refractivity contribution in [3.8, 4) is 0 Å². The monoisotopic (exact) mass is 294 g/mol. The Morgan fingerprint density at radius 1 is 1.29 bits per heavy atom. The van der Waals surface area contributed by atoms with Crippen LogP contribution in [-0.4, -0.2) is 23.1 Å². The summed E-state index contributed by atoms with van der Waals surface area (Å²) in [6.07, 6.45) is 4.19. The number of anilines is 1. The van der Waals surface area contributed by atoms with E-state index in [1.807, 2.05) is 0 Å². The van der Waals surface area contributed by atoms with Crippen molar-refractivity contribution < 1.29 is 19.1 Å². The van der Waals surface area contributed by atoms with Gasteiger partial charge in [-0.2, -0.15) is 0 Å². The lowest BCUT2D eigenvalue weighted by Crippen LogP contribution is -2.43. The maximum Gasteiger partial charge on any atom is 0.340 e. The van der Waals surface area contributed by atoms with Gasteiger partial charge in [-0.05, 0) is 30.9 Å². The summed E-state index contributed by atoms with van der Waals surface area (Å²) in [5.41, 5.74) is -0.562. The number of hydrogen-bond donors (Lipinski definition) is 3. The van der Waals surface area contributed by atoms with E-state index in [1.165, 1.54) is 12.1 Å². The third-order valence-corrected chi connectivity index (χ3v) is 3.90. The lowest BCUT2D eigenvalue weighted by atomic mass is 9.86. The smallest absolute Gasteiger partial charge is 0.340 e. The van der Waals surface area contributed by atoms with Gasteiger partial charge in [-0.15, -0.1) is 0 Å². The third kappa shape index (κ3) is 3.71. The summed E-state index contributed by atoms with van der Waals surface area (Å²) in [7, 11) is 0. The average Bonchev–Trinajstić information content (AvgIpc) is 2.41. The highest BCUT2D eigenvalue weighted by Gasteiger charge is 2.24. The zero-order chi connectivity index (χ0) is 15.4. The number of halogens is 1. The Kier molecular flexibility index (Phi) is 4.77. The number of benzene rings is 1. The molecule has 1 fully saturated rings. The topological polar surface area (TPSA) is 78.4 Å². The zero-order valence-electron chi connectivity index (χ0n) is 11.9. The van der Waals surface area contributed by atoms with Gasteiger partial charge in [-0.25, -0.2) is 14.0 Å². The molecule has 3 N–H and O–H groups in total. The summed E-state index contributed by atoms with van der Waals surface area (Å²) in [6.45, 7) is 2.08. The molecule has 114 valence electrons. The molecule has 2 unspecified atom stereocenters. The Morgan fingerprint density at radius 2 is 2.00 bits per heavy atom. The summed E-state index contributed by atoms with van der Waals surface area (Å²) in [5, 5.41) is 14.3. The predicted molar refractivity (Wildman–Crippen MR) is 76.9 cm³/mol. The summed E-state index contributed by atoms with van der Waals surface area (Å²) in [5.74, 6) is -1.89. The molecule has 0 spiro atoms. The highest BCUT2D eigenvalue weighted by molar-refractivity contribution is 6.00. The largest absolute Gasteiger partial charge is 0.478 e. The molecule has 1 aliphatic rings. The highest BCUT2D eigenvalue weighted by Crippen LogP contribution is 2.24. The molecular weight excluding hydrogens is 275 g/mol. The van der Waals surface area contributed by atoms with E-state index in [1.54, 1.807) is 0 Å². The van der Waals surface area contributed by atoms with E-state index in [0.717, 1.165) is 31.7 Å². The van der Waals surface area contributed by atoms with Gasteiger partial charge in [0.2, 0.25) is 0 Å². The van der Waals surface area contributed by atoms with Crippen molar-refractivity contribution in [1.29, 1.82) is 0 Å². The Balaban J connectivity index is 2.06. The number of nitrogens with one attached hydrogen (secondary N) is 2. The van der Waals surface area contributed by atoms with Crippen molar-refractivity contribution in [3.05, 3.63) is 29.6 Å². The third-order valence-electron chi connectivity index (χ3n) is 3.90. The molecule has 2 amide bonds. The first-order valence-corrected chi connectivity index (χ1v) is 7.08. The van der Waals surface area contributed by atoms with Crippen LogP contribution < -0.4 is 10.6 Å². The number of amides is 2. The lowest BCUT2D eigenvalue weighted by molar-refractivity contribution is 0.0693. The number of carboxylic acid groups (broad SMARTS) is 1. The number of urea groups is 1. The van der Waals surface area contributed by atoms with Crippen LogP contribution >= 0.6 is 0 Å². The van der Waals surface area contributed by atoms with Crippen LogP contribution in [0.3, 0.4) is 0 Å². The van der Waals surface area contributed by atoms with E-state index < -0.39 is 23.4 Å². The average molecular weight is 294 g/mol. The van der Waals surface area contributed by atoms with Crippen LogP contribution in [0.1, 0.15) is 43.0 Å². The molecule has 6 heteroatoms. The summed E-state index contributed by atoms with van der Waals surface area (Å²) in [6, 6.07) is 3.36. The first-order valence-electron chi connectivity index (χ1n) is 7.08. The molecule has 2 atom stereocenters. The predicted octanol–water partition coefficient (Wildman–Crippen LogP) is 3.22. The second-order valence-electron chi connectivity index (χ2n) is 5.43. The summed E-state index contributed by atoms with van der Waals surface area (Å²) >= 11 is 0. The van der Waals surface area contributed by atoms with Gasteiger partial charge in [0.05, 0.1) is 5.69 Å². The number of aromatic carboxylic acids is 1. The van der Waals surface area contributed by atoms with Crippen LogP contribution in [0.25, 0.3) is 0 Å². The van der Waals surface area contributed by atoms with E-state index in [4.69, 9.17) is 5.11 Å². The van der Waals surface area contributed by atoms with E-state index in [2.05, 4.69) is 17.6 Å². The van der Waals surface area contributed by atoms with E-state index in [0.29, 0.717) is 5.92 Å². The minimum absolute atomic E-state index is 0.0385. The minimum Gasteiger partial charge on any atom is -0.478 e. The SMILES string of the molecule is CC1CCCCC1NC(=O)Nc1cccc(F)c1C(=O)O. The summed E-state index contributed by atoms with van der Waals surface area (Å²) in [4.78, 5) is 23.0. The van der Waals surface area contributed by atoms with Crippen molar-refractivity contribution in [1.82, 2.24) is 5.32 Å². The van der Waals surface area contributed by atoms with Crippen LogP contribution in [0.4, 0.5) is 14.9 Å². The highest BCUT2D eigenvalue weighted by atomic mass is 19.1. The molecular formula is C15H19FN2O3. The van der Waals surface area contributed by atoms with Gasteiger partial charge < -0.3 is 15.7 Å². The van der Waals surface area contributed by atoms with E-state index in [-0.39, 0.29) is 11.7 Å².